The van der Waals surface area contributed by atoms with Crippen LogP contribution < -0.4 is 0 Å². The summed E-state index contributed by atoms with van der Waals surface area (Å²) in [6, 6.07) is 3.94. The molecule has 6 heteroatoms. The Hall–Kier alpha value is -1.27. The molecule has 3 rings (SSSR count). The van der Waals surface area contributed by atoms with Crippen molar-refractivity contribution in [3.05, 3.63) is 35.6 Å². The molecule has 0 atom stereocenters. The predicted molar refractivity (Wildman–Crippen MR) is 79.1 cm³/mol. The average molecular weight is 293 g/mol. The van der Waals surface area contributed by atoms with Crippen molar-refractivity contribution in [3.8, 4) is 5.13 Å². The van der Waals surface area contributed by atoms with Gasteiger partial charge in [-0.1, -0.05) is 0 Å². The number of hydrogen-bond donors (Lipinski definition) is 0. The van der Waals surface area contributed by atoms with E-state index in [2.05, 4.69) is 4.98 Å². The van der Waals surface area contributed by atoms with Crippen LogP contribution in [0.15, 0.2) is 30.7 Å². The fourth-order valence-corrected chi connectivity index (χ4v) is 3.81. The van der Waals surface area contributed by atoms with Gasteiger partial charge in [-0.2, -0.15) is 11.8 Å². The van der Waals surface area contributed by atoms with Gasteiger partial charge >= 0.3 is 0 Å². The monoisotopic (exact) mass is 293 g/mol. The molecule has 0 aromatic carbocycles. The highest BCUT2D eigenvalue weighted by Gasteiger charge is 2.18. The minimum Gasteiger partial charge on any atom is -0.341 e. The second-order valence-electron chi connectivity index (χ2n) is 4.37. The summed E-state index contributed by atoms with van der Waals surface area (Å²) in [7, 11) is 0. The van der Waals surface area contributed by atoms with Crippen LogP contribution in [0.2, 0.25) is 0 Å². The van der Waals surface area contributed by atoms with Gasteiger partial charge in [-0.25, -0.2) is 4.98 Å². The highest BCUT2D eigenvalue weighted by Crippen LogP contribution is 2.19. The standard InChI is InChI=1S/C13H15N3OS2/c17-12(15-5-7-18-8-6-15)9-11-10-14-13(19-11)16-3-1-2-4-16/h1-4,10H,5-9H2. The van der Waals surface area contributed by atoms with E-state index in [-0.39, 0.29) is 5.91 Å². The highest BCUT2D eigenvalue weighted by atomic mass is 32.2. The van der Waals surface area contributed by atoms with Gasteiger partial charge < -0.3 is 9.47 Å². The minimum atomic E-state index is 0.225. The van der Waals surface area contributed by atoms with Gasteiger partial charge in [0.15, 0.2) is 5.13 Å². The zero-order chi connectivity index (χ0) is 13.1. The van der Waals surface area contributed by atoms with Crippen LogP contribution in [-0.4, -0.2) is 45.0 Å². The molecule has 0 N–H and O–H groups in total. The number of carbonyl (C=O) groups is 1. The Labute approximate surface area is 120 Å². The molecule has 1 saturated heterocycles. The maximum atomic E-state index is 12.2. The van der Waals surface area contributed by atoms with Crippen molar-refractivity contribution >= 4 is 29.0 Å². The summed E-state index contributed by atoms with van der Waals surface area (Å²) in [5.41, 5.74) is 0. The lowest BCUT2D eigenvalue weighted by atomic mass is 10.3. The normalized spacial score (nSPS) is 15.7. The number of thioether (sulfide) groups is 1. The Morgan fingerprint density at radius 3 is 2.74 bits per heavy atom. The molecule has 0 spiro atoms. The van der Waals surface area contributed by atoms with Gasteiger partial charge in [0.2, 0.25) is 5.91 Å². The van der Waals surface area contributed by atoms with Crippen LogP contribution in [0.1, 0.15) is 4.88 Å². The summed E-state index contributed by atoms with van der Waals surface area (Å²) in [5, 5.41) is 0.919. The maximum Gasteiger partial charge on any atom is 0.227 e. The molecule has 0 bridgehead atoms. The van der Waals surface area contributed by atoms with E-state index in [4.69, 9.17) is 0 Å². The van der Waals surface area contributed by atoms with E-state index in [0.717, 1.165) is 34.6 Å². The van der Waals surface area contributed by atoms with Crippen molar-refractivity contribution < 1.29 is 4.79 Å². The Balaban J connectivity index is 1.65. The topological polar surface area (TPSA) is 38.1 Å². The first-order valence-corrected chi connectivity index (χ1v) is 8.23. The van der Waals surface area contributed by atoms with Crippen LogP contribution >= 0.6 is 23.1 Å². The van der Waals surface area contributed by atoms with E-state index < -0.39 is 0 Å². The van der Waals surface area contributed by atoms with E-state index in [1.807, 2.05) is 52.0 Å². The molecule has 100 valence electrons. The molecule has 2 aromatic heterocycles. The lowest BCUT2D eigenvalue weighted by molar-refractivity contribution is -0.130. The Morgan fingerprint density at radius 2 is 2.00 bits per heavy atom. The van der Waals surface area contributed by atoms with Crippen molar-refractivity contribution in [1.29, 1.82) is 0 Å². The molecule has 4 nitrogen and oxygen atoms in total. The molecular formula is C13H15N3OS2. The fraction of sp³-hybridized carbons (Fsp3) is 0.385. The molecular weight excluding hydrogens is 278 g/mol. The van der Waals surface area contributed by atoms with Gasteiger partial charge in [0.05, 0.1) is 6.42 Å². The third kappa shape index (κ3) is 3.01. The van der Waals surface area contributed by atoms with Crippen LogP contribution in [0.25, 0.3) is 5.13 Å². The van der Waals surface area contributed by atoms with E-state index in [1.165, 1.54) is 0 Å². The van der Waals surface area contributed by atoms with Gasteiger partial charge in [0.25, 0.3) is 0 Å². The van der Waals surface area contributed by atoms with Crippen LogP contribution in [0.5, 0.6) is 0 Å². The number of nitrogens with zero attached hydrogens (tertiary/aromatic N) is 3. The number of carbonyl (C=O) groups excluding carboxylic acids is 1. The largest absolute Gasteiger partial charge is 0.341 e. The summed E-state index contributed by atoms with van der Waals surface area (Å²) in [4.78, 5) is 19.5. The molecule has 0 aliphatic carbocycles. The maximum absolute atomic E-state index is 12.2. The number of aromatic nitrogens is 2. The summed E-state index contributed by atoms with van der Waals surface area (Å²) in [6.07, 6.45) is 6.22. The molecule has 0 saturated carbocycles. The predicted octanol–water partition coefficient (Wildman–Crippen LogP) is 2.05. The second-order valence-corrected chi connectivity index (χ2v) is 6.69. The highest BCUT2D eigenvalue weighted by molar-refractivity contribution is 7.99. The molecule has 2 aromatic rings. The summed E-state index contributed by atoms with van der Waals surface area (Å²) < 4.78 is 1.97. The third-order valence-corrected chi connectivity index (χ3v) is 5.01. The lowest BCUT2D eigenvalue weighted by Gasteiger charge is -2.26. The van der Waals surface area contributed by atoms with Crippen molar-refractivity contribution in [3.63, 3.8) is 0 Å². The van der Waals surface area contributed by atoms with Crippen LogP contribution in [0.3, 0.4) is 0 Å². The summed E-state index contributed by atoms with van der Waals surface area (Å²) in [6.45, 7) is 1.76. The fourth-order valence-electron chi connectivity index (χ4n) is 2.03. The van der Waals surface area contributed by atoms with Gasteiger partial charge in [-0.3, -0.25) is 4.79 Å². The van der Waals surface area contributed by atoms with E-state index in [0.29, 0.717) is 6.42 Å². The van der Waals surface area contributed by atoms with Gasteiger partial charge in [-0.15, -0.1) is 11.3 Å². The Kier molecular flexibility index (Phi) is 3.89. The Morgan fingerprint density at radius 1 is 1.26 bits per heavy atom. The van der Waals surface area contributed by atoms with E-state index >= 15 is 0 Å². The first-order chi connectivity index (χ1) is 9.33. The van der Waals surface area contributed by atoms with Crippen LogP contribution in [0, 0.1) is 0 Å². The average Bonchev–Trinajstić information content (AvgIpc) is 3.10. The zero-order valence-corrected chi connectivity index (χ0v) is 12.1. The molecule has 1 aliphatic rings. The third-order valence-electron chi connectivity index (χ3n) is 3.06. The van der Waals surface area contributed by atoms with Crippen LogP contribution in [-0.2, 0) is 11.2 Å². The SMILES string of the molecule is O=C(Cc1cnc(-n2cccc2)s1)N1CCSCC1. The smallest absolute Gasteiger partial charge is 0.227 e. The molecule has 1 amide bonds. The van der Waals surface area contributed by atoms with Crippen molar-refractivity contribution in [2.45, 2.75) is 6.42 Å². The molecule has 3 heterocycles. The molecule has 0 unspecified atom stereocenters. The van der Waals surface area contributed by atoms with Gasteiger partial charge in [-0.05, 0) is 12.1 Å². The number of hydrogen-bond acceptors (Lipinski definition) is 4. The number of amides is 1. The van der Waals surface area contributed by atoms with E-state index in [1.54, 1.807) is 11.3 Å². The van der Waals surface area contributed by atoms with E-state index in [9.17, 15) is 4.79 Å². The first kappa shape index (κ1) is 12.7. The minimum absolute atomic E-state index is 0.225. The van der Waals surface area contributed by atoms with Gasteiger partial charge in [0.1, 0.15) is 0 Å². The lowest BCUT2D eigenvalue weighted by Crippen LogP contribution is -2.38. The molecule has 1 aliphatic heterocycles. The second kappa shape index (κ2) is 5.79. The first-order valence-electron chi connectivity index (χ1n) is 6.26. The van der Waals surface area contributed by atoms with Crippen LogP contribution in [0.4, 0.5) is 0 Å². The summed E-state index contributed by atoms with van der Waals surface area (Å²) >= 11 is 3.50. The number of rotatable bonds is 3. The van der Waals surface area contributed by atoms with Crippen molar-refractivity contribution in [2.24, 2.45) is 0 Å². The van der Waals surface area contributed by atoms with Crippen molar-refractivity contribution in [1.82, 2.24) is 14.5 Å². The zero-order valence-electron chi connectivity index (χ0n) is 10.5. The quantitative estimate of drug-likeness (QED) is 0.869. The molecule has 1 fully saturated rings. The molecule has 19 heavy (non-hydrogen) atoms. The summed E-state index contributed by atoms with van der Waals surface area (Å²) in [5.74, 6) is 2.34. The Bertz CT molecular complexity index is 544. The molecule has 0 radical (unpaired) electrons. The van der Waals surface area contributed by atoms with Crippen molar-refractivity contribution in [2.75, 3.05) is 24.6 Å². The number of thiazole rings is 1. The van der Waals surface area contributed by atoms with Gasteiger partial charge in [0, 0.05) is 48.1 Å².